The lowest BCUT2D eigenvalue weighted by Crippen LogP contribution is -2.44. The Bertz CT molecular complexity index is 508. The van der Waals surface area contributed by atoms with Crippen molar-refractivity contribution in [3.05, 3.63) is 28.2 Å². The zero-order valence-electron chi connectivity index (χ0n) is 12.7. The molecule has 3 nitrogen and oxygen atoms in total. The average molecular weight is 354 g/mol. The molecule has 2 fully saturated rings. The van der Waals surface area contributed by atoms with Gasteiger partial charge in [0, 0.05) is 11.0 Å². The molecule has 1 aromatic rings. The Hall–Kier alpha value is -0.580. The second kappa shape index (κ2) is 5.90. The van der Waals surface area contributed by atoms with Gasteiger partial charge in [0.25, 0.3) is 0 Å². The number of benzene rings is 1. The minimum atomic E-state index is -0.160. The fraction of sp³-hybridized carbons (Fsp3) is 0.647. The van der Waals surface area contributed by atoms with Crippen molar-refractivity contribution < 1.29 is 9.47 Å². The van der Waals surface area contributed by atoms with Crippen LogP contribution in [0.3, 0.4) is 0 Å². The van der Waals surface area contributed by atoms with Gasteiger partial charge in [-0.1, -0.05) is 32.3 Å². The van der Waals surface area contributed by atoms with Crippen molar-refractivity contribution in [3.63, 3.8) is 0 Å². The van der Waals surface area contributed by atoms with E-state index in [2.05, 4.69) is 35.0 Å². The maximum absolute atomic E-state index is 6.60. The first-order valence-electron chi connectivity index (χ1n) is 7.80. The van der Waals surface area contributed by atoms with Gasteiger partial charge in [-0.15, -0.1) is 0 Å². The summed E-state index contributed by atoms with van der Waals surface area (Å²) >= 11 is 3.63. The summed E-state index contributed by atoms with van der Waals surface area (Å²) < 4.78 is 12.2. The molecule has 116 valence electrons. The van der Waals surface area contributed by atoms with Crippen LogP contribution in [0.4, 0.5) is 0 Å². The summed E-state index contributed by atoms with van der Waals surface area (Å²) in [5.74, 6) is 0.895. The van der Waals surface area contributed by atoms with Gasteiger partial charge in [0.1, 0.15) is 5.75 Å². The fourth-order valence-electron chi connectivity index (χ4n) is 3.18. The van der Waals surface area contributed by atoms with Crippen LogP contribution in [0.25, 0.3) is 0 Å². The Labute approximate surface area is 135 Å². The van der Waals surface area contributed by atoms with Gasteiger partial charge in [-0.05, 0) is 46.5 Å². The molecule has 21 heavy (non-hydrogen) atoms. The summed E-state index contributed by atoms with van der Waals surface area (Å²) in [6.07, 6.45) is 5.92. The number of nitrogens with two attached hydrogens (primary N) is 1. The van der Waals surface area contributed by atoms with Gasteiger partial charge in [-0.2, -0.15) is 0 Å². The predicted octanol–water partition coefficient (Wildman–Crippen LogP) is 3.98. The van der Waals surface area contributed by atoms with Crippen molar-refractivity contribution in [2.45, 2.75) is 44.6 Å². The lowest BCUT2D eigenvalue weighted by molar-refractivity contribution is -0.120. The second-order valence-electron chi connectivity index (χ2n) is 6.95. The smallest absolute Gasteiger partial charge is 0.133 e. The van der Waals surface area contributed by atoms with Crippen molar-refractivity contribution in [2.75, 3.05) is 19.8 Å². The van der Waals surface area contributed by atoms with E-state index >= 15 is 0 Å². The molecule has 2 N–H and O–H groups in total. The zero-order valence-corrected chi connectivity index (χ0v) is 14.2. The van der Waals surface area contributed by atoms with E-state index in [4.69, 9.17) is 15.2 Å². The largest absolute Gasteiger partial charge is 0.492 e. The van der Waals surface area contributed by atoms with E-state index in [9.17, 15) is 0 Å². The molecular weight excluding hydrogens is 330 g/mol. The summed E-state index contributed by atoms with van der Waals surface area (Å²) in [5, 5.41) is 0. The van der Waals surface area contributed by atoms with E-state index in [1.807, 2.05) is 6.07 Å². The molecular formula is C17H24BrNO2. The Balaban J connectivity index is 1.70. The number of hydrogen-bond donors (Lipinski definition) is 1. The maximum Gasteiger partial charge on any atom is 0.133 e. The minimum absolute atomic E-state index is 0.160. The Morgan fingerprint density at radius 2 is 1.95 bits per heavy atom. The van der Waals surface area contributed by atoms with E-state index in [0.29, 0.717) is 6.61 Å². The van der Waals surface area contributed by atoms with E-state index in [1.165, 1.54) is 24.8 Å². The van der Waals surface area contributed by atoms with Crippen LogP contribution in [-0.2, 0) is 10.3 Å². The predicted molar refractivity (Wildman–Crippen MR) is 87.5 cm³/mol. The van der Waals surface area contributed by atoms with E-state index < -0.39 is 0 Å². The van der Waals surface area contributed by atoms with Gasteiger partial charge in [-0.3, -0.25) is 0 Å². The SMILES string of the molecule is CC1(COc2ccc(C3(N)CCCCC3)cc2Br)COC1. The van der Waals surface area contributed by atoms with Crippen LogP contribution in [0.5, 0.6) is 5.75 Å². The van der Waals surface area contributed by atoms with E-state index in [1.54, 1.807) is 0 Å². The van der Waals surface area contributed by atoms with Crippen LogP contribution < -0.4 is 10.5 Å². The third-order valence-electron chi connectivity index (χ3n) is 4.73. The number of halogens is 1. The first-order valence-corrected chi connectivity index (χ1v) is 8.60. The molecule has 2 aliphatic rings. The second-order valence-corrected chi connectivity index (χ2v) is 7.81. The summed E-state index contributed by atoms with van der Waals surface area (Å²) in [6.45, 7) is 4.46. The van der Waals surface area contributed by atoms with Gasteiger partial charge in [0.2, 0.25) is 0 Å². The van der Waals surface area contributed by atoms with Gasteiger partial charge in [0.05, 0.1) is 24.3 Å². The molecule has 1 aliphatic carbocycles. The molecule has 0 bridgehead atoms. The average Bonchev–Trinajstić information content (AvgIpc) is 2.45. The third kappa shape index (κ3) is 3.27. The molecule has 1 aromatic carbocycles. The molecule has 1 saturated carbocycles. The highest BCUT2D eigenvalue weighted by Crippen LogP contribution is 2.38. The van der Waals surface area contributed by atoms with Crippen LogP contribution in [0.15, 0.2) is 22.7 Å². The van der Waals surface area contributed by atoms with Crippen molar-refractivity contribution in [1.82, 2.24) is 0 Å². The number of hydrogen-bond acceptors (Lipinski definition) is 3. The normalized spacial score (nSPS) is 23.4. The monoisotopic (exact) mass is 353 g/mol. The Morgan fingerprint density at radius 1 is 1.24 bits per heavy atom. The quantitative estimate of drug-likeness (QED) is 0.890. The van der Waals surface area contributed by atoms with Crippen LogP contribution in [0.2, 0.25) is 0 Å². The first-order chi connectivity index (χ1) is 10.0. The molecule has 0 aromatic heterocycles. The lowest BCUT2D eigenvalue weighted by atomic mass is 9.77. The molecule has 0 unspecified atom stereocenters. The standard InChI is InChI=1S/C17H24BrNO2/c1-16(10-20-11-16)12-21-15-6-5-13(9-14(15)18)17(19)7-3-2-4-8-17/h5-6,9H,2-4,7-8,10-12,19H2,1H3. The molecule has 1 heterocycles. The maximum atomic E-state index is 6.60. The highest BCUT2D eigenvalue weighted by Gasteiger charge is 2.34. The van der Waals surface area contributed by atoms with Crippen molar-refractivity contribution in [1.29, 1.82) is 0 Å². The van der Waals surface area contributed by atoms with E-state index in [-0.39, 0.29) is 11.0 Å². The molecule has 0 amide bonds. The molecule has 3 rings (SSSR count). The van der Waals surface area contributed by atoms with E-state index in [0.717, 1.165) is 36.3 Å². The van der Waals surface area contributed by atoms with Gasteiger partial charge in [0.15, 0.2) is 0 Å². The Morgan fingerprint density at radius 3 is 2.52 bits per heavy atom. The van der Waals surface area contributed by atoms with Gasteiger partial charge in [-0.25, -0.2) is 0 Å². The van der Waals surface area contributed by atoms with Crippen LogP contribution in [0.1, 0.15) is 44.6 Å². The third-order valence-corrected chi connectivity index (χ3v) is 5.35. The number of rotatable bonds is 4. The summed E-state index contributed by atoms with van der Waals surface area (Å²) in [6, 6.07) is 6.32. The van der Waals surface area contributed by atoms with Gasteiger partial charge >= 0.3 is 0 Å². The Kier molecular flexibility index (Phi) is 4.30. The van der Waals surface area contributed by atoms with Crippen LogP contribution in [-0.4, -0.2) is 19.8 Å². The molecule has 0 radical (unpaired) electrons. The van der Waals surface area contributed by atoms with Gasteiger partial charge < -0.3 is 15.2 Å². The highest BCUT2D eigenvalue weighted by molar-refractivity contribution is 9.10. The van der Waals surface area contributed by atoms with Crippen LogP contribution >= 0.6 is 15.9 Å². The zero-order chi connectivity index (χ0) is 14.9. The van der Waals surface area contributed by atoms with Crippen molar-refractivity contribution in [3.8, 4) is 5.75 Å². The van der Waals surface area contributed by atoms with Crippen molar-refractivity contribution in [2.24, 2.45) is 11.1 Å². The lowest BCUT2D eigenvalue weighted by Gasteiger charge is -2.37. The summed E-state index contributed by atoms with van der Waals surface area (Å²) in [5.41, 5.74) is 7.82. The molecule has 1 saturated heterocycles. The molecule has 0 spiro atoms. The highest BCUT2D eigenvalue weighted by atomic mass is 79.9. The summed E-state index contributed by atoms with van der Waals surface area (Å²) in [4.78, 5) is 0. The molecule has 0 atom stereocenters. The molecule has 4 heteroatoms. The first kappa shape index (κ1) is 15.3. The fourth-order valence-corrected chi connectivity index (χ4v) is 3.68. The topological polar surface area (TPSA) is 44.5 Å². The van der Waals surface area contributed by atoms with Crippen molar-refractivity contribution >= 4 is 15.9 Å². The van der Waals surface area contributed by atoms with Crippen LogP contribution in [0, 0.1) is 5.41 Å². The summed E-state index contributed by atoms with van der Waals surface area (Å²) in [7, 11) is 0. The minimum Gasteiger partial charge on any atom is -0.492 e. The molecule has 1 aliphatic heterocycles. The number of ether oxygens (including phenoxy) is 2.